The molecular weight excluding hydrogens is 268 g/mol. The minimum absolute atomic E-state index is 0.254. The van der Waals surface area contributed by atoms with Crippen molar-refractivity contribution in [1.82, 2.24) is 20.3 Å². The van der Waals surface area contributed by atoms with Crippen LogP contribution < -0.4 is 5.32 Å². The van der Waals surface area contributed by atoms with Crippen molar-refractivity contribution < 1.29 is 9.32 Å². The fourth-order valence-corrected chi connectivity index (χ4v) is 1.94. The number of rotatable bonds is 4. The monoisotopic (exact) mass is 282 g/mol. The minimum Gasteiger partial charge on any atom is -0.355 e. The minimum atomic E-state index is -0.286. The quantitative estimate of drug-likeness (QED) is 0.794. The number of carbonyl (C=O) groups is 1. The van der Waals surface area contributed by atoms with E-state index in [0.29, 0.717) is 12.3 Å². The Balaban J connectivity index is 1.67. The van der Waals surface area contributed by atoms with Crippen LogP contribution in [0.3, 0.4) is 0 Å². The molecule has 1 amide bonds. The Bertz CT molecular complexity index is 746. The zero-order chi connectivity index (χ0) is 14.7. The van der Waals surface area contributed by atoms with E-state index >= 15 is 0 Å². The van der Waals surface area contributed by atoms with Crippen molar-refractivity contribution in [3.63, 3.8) is 0 Å². The lowest BCUT2D eigenvalue weighted by Crippen LogP contribution is -2.23. The summed E-state index contributed by atoms with van der Waals surface area (Å²) in [5.74, 6) is 0.283. The highest BCUT2D eigenvalue weighted by molar-refractivity contribution is 5.92. The van der Waals surface area contributed by atoms with Crippen LogP contribution in [0, 0.1) is 0 Å². The molecule has 1 aromatic carbocycles. The maximum absolute atomic E-state index is 12.0. The normalized spacial score (nSPS) is 10.5. The number of amides is 1. The molecule has 2 aromatic heterocycles. The van der Waals surface area contributed by atoms with Crippen molar-refractivity contribution >= 4 is 5.91 Å². The van der Waals surface area contributed by atoms with E-state index in [4.69, 9.17) is 4.52 Å². The first-order valence-electron chi connectivity index (χ1n) is 6.51. The van der Waals surface area contributed by atoms with Crippen molar-refractivity contribution in [1.29, 1.82) is 0 Å². The van der Waals surface area contributed by atoms with Crippen LogP contribution in [0.5, 0.6) is 0 Å². The maximum Gasteiger partial charge on any atom is 0.273 e. The van der Waals surface area contributed by atoms with E-state index in [9.17, 15) is 4.79 Å². The van der Waals surface area contributed by atoms with Gasteiger partial charge >= 0.3 is 0 Å². The largest absolute Gasteiger partial charge is 0.355 e. The Morgan fingerprint density at radius 3 is 2.81 bits per heavy atom. The highest BCUT2D eigenvalue weighted by atomic mass is 16.5. The summed E-state index contributed by atoms with van der Waals surface area (Å²) in [7, 11) is 1.83. The molecule has 2 heterocycles. The second-order valence-electron chi connectivity index (χ2n) is 4.61. The van der Waals surface area contributed by atoms with Gasteiger partial charge in [0.1, 0.15) is 0 Å². The van der Waals surface area contributed by atoms with E-state index in [1.165, 1.54) is 0 Å². The molecule has 0 radical (unpaired) electrons. The van der Waals surface area contributed by atoms with Crippen LogP contribution in [0.4, 0.5) is 0 Å². The van der Waals surface area contributed by atoms with Crippen LogP contribution in [0.25, 0.3) is 11.3 Å². The third-order valence-corrected chi connectivity index (χ3v) is 3.00. The molecule has 0 saturated heterocycles. The Labute approximate surface area is 121 Å². The summed E-state index contributed by atoms with van der Waals surface area (Å²) < 4.78 is 6.88. The third kappa shape index (κ3) is 3.00. The zero-order valence-electron chi connectivity index (χ0n) is 11.5. The summed E-state index contributed by atoms with van der Waals surface area (Å²) in [5, 5.41) is 10.7. The number of hydrogen-bond acceptors (Lipinski definition) is 4. The van der Waals surface area contributed by atoms with Gasteiger partial charge in [-0.05, 0) is 6.07 Å². The maximum atomic E-state index is 12.0. The zero-order valence-corrected chi connectivity index (χ0v) is 11.5. The Morgan fingerprint density at radius 1 is 1.29 bits per heavy atom. The van der Waals surface area contributed by atoms with Crippen LogP contribution in [0.2, 0.25) is 0 Å². The molecule has 0 aliphatic carbocycles. The van der Waals surface area contributed by atoms with Gasteiger partial charge in [0.2, 0.25) is 0 Å². The lowest BCUT2D eigenvalue weighted by atomic mass is 10.1. The number of hydrogen-bond donors (Lipinski definition) is 1. The van der Waals surface area contributed by atoms with Crippen LogP contribution in [0.15, 0.2) is 53.2 Å². The summed E-state index contributed by atoms with van der Waals surface area (Å²) in [6.07, 6.45) is 1.82. The van der Waals surface area contributed by atoms with Gasteiger partial charge in [-0.3, -0.25) is 9.48 Å². The third-order valence-electron chi connectivity index (χ3n) is 3.00. The number of nitrogens with one attached hydrogen (secondary N) is 1. The van der Waals surface area contributed by atoms with E-state index in [-0.39, 0.29) is 11.6 Å². The van der Waals surface area contributed by atoms with E-state index < -0.39 is 0 Å². The number of aromatic nitrogens is 3. The highest BCUT2D eigenvalue weighted by Gasteiger charge is 2.13. The molecular formula is C15H14N4O2. The second kappa shape index (κ2) is 5.62. The SMILES string of the molecule is Cn1ccc(CNC(=O)c2cc(-c3ccccc3)on2)n1. The summed E-state index contributed by atoms with van der Waals surface area (Å²) in [6.45, 7) is 0.354. The number of carbonyl (C=O) groups excluding carboxylic acids is 1. The van der Waals surface area contributed by atoms with Gasteiger partial charge in [0, 0.05) is 24.9 Å². The molecule has 3 rings (SSSR count). The van der Waals surface area contributed by atoms with Gasteiger partial charge in [0.05, 0.1) is 12.2 Å². The first-order chi connectivity index (χ1) is 10.2. The lowest BCUT2D eigenvalue weighted by Gasteiger charge is -1.98. The molecule has 0 fully saturated rings. The summed E-state index contributed by atoms with van der Waals surface area (Å²) >= 11 is 0. The first-order valence-corrected chi connectivity index (χ1v) is 6.51. The molecule has 0 atom stereocenters. The molecule has 106 valence electrons. The van der Waals surface area contributed by atoms with Gasteiger partial charge in [-0.2, -0.15) is 5.10 Å². The lowest BCUT2D eigenvalue weighted by molar-refractivity contribution is 0.0941. The highest BCUT2D eigenvalue weighted by Crippen LogP contribution is 2.19. The average Bonchev–Trinajstić information content (AvgIpc) is 3.15. The van der Waals surface area contributed by atoms with Crippen LogP contribution >= 0.6 is 0 Å². The summed E-state index contributed by atoms with van der Waals surface area (Å²) in [4.78, 5) is 12.0. The Hall–Kier alpha value is -2.89. The molecule has 6 nitrogen and oxygen atoms in total. The van der Waals surface area contributed by atoms with E-state index in [2.05, 4.69) is 15.6 Å². The molecule has 6 heteroatoms. The molecule has 1 N–H and O–H groups in total. The fourth-order valence-electron chi connectivity index (χ4n) is 1.94. The predicted octanol–water partition coefficient (Wildman–Crippen LogP) is 2.01. The molecule has 0 aliphatic heterocycles. The average molecular weight is 282 g/mol. The van der Waals surface area contributed by atoms with Crippen molar-refractivity contribution in [2.45, 2.75) is 6.54 Å². The van der Waals surface area contributed by atoms with Gasteiger partial charge in [-0.15, -0.1) is 0 Å². The molecule has 3 aromatic rings. The van der Waals surface area contributed by atoms with Gasteiger partial charge in [0.25, 0.3) is 5.91 Å². The van der Waals surface area contributed by atoms with Crippen molar-refractivity contribution in [2.24, 2.45) is 7.05 Å². The molecule has 0 bridgehead atoms. The standard InChI is InChI=1S/C15H14N4O2/c1-19-8-7-12(17-19)10-16-15(20)13-9-14(21-18-13)11-5-3-2-4-6-11/h2-9H,10H2,1H3,(H,16,20). The number of benzene rings is 1. The van der Waals surface area contributed by atoms with E-state index in [1.807, 2.05) is 49.6 Å². The van der Waals surface area contributed by atoms with Gasteiger partial charge in [0.15, 0.2) is 11.5 Å². The Kier molecular flexibility index (Phi) is 3.51. The van der Waals surface area contributed by atoms with Crippen molar-refractivity contribution in [3.05, 3.63) is 60.0 Å². The molecule has 21 heavy (non-hydrogen) atoms. The van der Waals surface area contributed by atoms with Crippen molar-refractivity contribution in [3.8, 4) is 11.3 Å². The topological polar surface area (TPSA) is 73.0 Å². The second-order valence-corrected chi connectivity index (χ2v) is 4.61. The van der Waals surface area contributed by atoms with E-state index in [1.54, 1.807) is 10.7 Å². The smallest absolute Gasteiger partial charge is 0.273 e. The van der Waals surface area contributed by atoms with Gasteiger partial charge in [-0.25, -0.2) is 0 Å². The fraction of sp³-hybridized carbons (Fsp3) is 0.133. The van der Waals surface area contributed by atoms with Crippen molar-refractivity contribution in [2.75, 3.05) is 0 Å². The van der Waals surface area contributed by atoms with Gasteiger partial charge < -0.3 is 9.84 Å². The Morgan fingerprint density at radius 2 is 2.10 bits per heavy atom. The number of nitrogens with zero attached hydrogens (tertiary/aromatic N) is 3. The predicted molar refractivity (Wildman–Crippen MR) is 76.3 cm³/mol. The molecule has 0 spiro atoms. The molecule has 0 unspecified atom stereocenters. The summed E-state index contributed by atoms with van der Waals surface area (Å²) in [5.41, 5.74) is 1.93. The van der Waals surface area contributed by atoms with E-state index in [0.717, 1.165) is 11.3 Å². The van der Waals surface area contributed by atoms with Crippen LogP contribution in [-0.2, 0) is 13.6 Å². The number of aryl methyl sites for hydroxylation is 1. The molecule has 0 saturated carbocycles. The summed E-state index contributed by atoms with van der Waals surface area (Å²) in [6, 6.07) is 13.0. The first kappa shape index (κ1) is 13.1. The molecule has 0 aliphatic rings. The van der Waals surface area contributed by atoms with Gasteiger partial charge in [-0.1, -0.05) is 35.5 Å². The van der Waals surface area contributed by atoms with Crippen LogP contribution in [0.1, 0.15) is 16.2 Å². The van der Waals surface area contributed by atoms with Crippen LogP contribution in [-0.4, -0.2) is 20.8 Å².